The summed E-state index contributed by atoms with van der Waals surface area (Å²) >= 11 is 0. The van der Waals surface area contributed by atoms with Crippen molar-refractivity contribution in [3.8, 4) is 0 Å². The molecule has 0 unspecified atom stereocenters. The largest absolute Gasteiger partial charge is 0.463 e. The number of hydrogen-bond acceptors (Lipinski definition) is 7. The zero-order chi connectivity index (χ0) is 30.0. The lowest BCUT2D eigenvalue weighted by Crippen LogP contribution is -2.71. The summed E-state index contributed by atoms with van der Waals surface area (Å²) in [6, 6.07) is 8.36. The molecule has 1 aromatic rings. The summed E-state index contributed by atoms with van der Waals surface area (Å²) in [5, 5.41) is 3.96. The van der Waals surface area contributed by atoms with Crippen LogP contribution in [0.1, 0.15) is 91.5 Å². The second-order valence-corrected chi connectivity index (χ2v) is 14.8. The third kappa shape index (κ3) is 4.83. The maximum Gasteiger partial charge on any atom is 0.306 e. The van der Waals surface area contributed by atoms with Crippen LogP contribution in [0.3, 0.4) is 0 Å². The van der Waals surface area contributed by atoms with Crippen LogP contribution in [0.25, 0.3) is 0 Å². The Labute approximate surface area is 250 Å². The van der Waals surface area contributed by atoms with Crippen LogP contribution in [0.2, 0.25) is 0 Å². The van der Waals surface area contributed by atoms with Crippen LogP contribution in [0.15, 0.2) is 24.3 Å². The Hall–Kier alpha value is -2.57. The number of carbonyl (C=O) groups is 3. The van der Waals surface area contributed by atoms with Crippen molar-refractivity contribution in [3.63, 3.8) is 0 Å². The topological polar surface area (TPSA) is 90.9 Å². The van der Waals surface area contributed by atoms with E-state index in [2.05, 4.69) is 57.3 Å². The monoisotopic (exact) mass is 579 g/mol. The van der Waals surface area contributed by atoms with Gasteiger partial charge in [-0.3, -0.25) is 14.4 Å². The lowest BCUT2D eigenvalue weighted by Gasteiger charge is -2.66. The van der Waals surface area contributed by atoms with Gasteiger partial charge in [0.25, 0.3) is 0 Å². The molecule has 4 aliphatic carbocycles. The average molecular weight is 580 g/mol. The molecule has 4 saturated carbocycles. The Bertz CT molecular complexity index is 1210. The smallest absolute Gasteiger partial charge is 0.306 e. The van der Waals surface area contributed by atoms with Crippen LogP contribution in [0, 0.1) is 53.3 Å². The number of benzene rings is 1. The molecule has 0 aromatic heterocycles. The zero-order valence-corrected chi connectivity index (χ0v) is 26.2. The number of ether oxygens (including phenoxy) is 3. The van der Waals surface area contributed by atoms with Gasteiger partial charge in [-0.2, -0.15) is 0 Å². The molecule has 0 spiro atoms. The first-order chi connectivity index (χ1) is 19.9. The molecule has 5 fully saturated rings. The van der Waals surface area contributed by atoms with Gasteiger partial charge in [-0.25, -0.2) is 0 Å². The van der Waals surface area contributed by atoms with Crippen molar-refractivity contribution in [2.75, 3.05) is 5.32 Å². The average Bonchev–Trinajstić information content (AvgIpc) is 3.27. The molecule has 7 nitrogen and oxygen atoms in total. The fraction of sp³-hybridized carbons (Fsp3) is 0.743. The summed E-state index contributed by atoms with van der Waals surface area (Å²) in [5.41, 5.74) is 1.89. The highest BCUT2D eigenvalue weighted by Gasteiger charge is 2.71. The van der Waals surface area contributed by atoms with Crippen molar-refractivity contribution in [2.45, 2.75) is 117 Å². The molecule has 1 aromatic carbocycles. The van der Waals surface area contributed by atoms with E-state index >= 15 is 0 Å². The fourth-order valence-corrected chi connectivity index (χ4v) is 10.8. The van der Waals surface area contributed by atoms with E-state index in [1.54, 1.807) is 0 Å². The molecule has 1 N–H and O–H groups in total. The minimum Gasteiger partial charge on any atom is -0.463 e. The summed E-state index contributed by atoms with van der Waals surface area (Å²) in [4.78, 5) is 37.9. The standard InChI is InChI=1S/C35H49NO6/c1-19-7-10-24(11-8-19)36-32-31-30(27-13-12-26-20(2)9-14-29(39)42-33(32)35(26,27)6)28(41-22(4)38)18-23-17-25(40-21(3)37)15-16-34(23,31)5/h7-8,10-11,20,23,25-28,30-33,36H,9,12-18H2,1-6H3/t20-,23+,25-,26-,27+,28-,30-,31-,32-,33+,34+,35-/m1/s1. The number of aryl methyl sites for hydroxylation is 1. The molecule has 230 valence electrons. The molecule has 6 rings (SSSR count). The van der Waals surface area contributed by atoms with Crippen molar-refractivity contribution in [3.05, 3.63) is 29.8 Å². The summed E-state index contributed by atoms with van der Waals surface area (Å²) < 4.78 is 18.7. The molecule has 12 atom stereocenters. The van der Waals surface area contributed by atoms with Crippen molar-refractivity contribution in [1.82, 2.24) is 0 Å². The highest BCUT2D eigenvalue weighted by atomic mass is 16.6. The molecule has 42 heavy (non-hydrogen) atoms. The van der Waals surface area contributed by atoms with Crippen molar-refractivity contribution >= 4 is 23.6 Å². The van der Waals surface area contributed by atoms with E-state index in [0.29, 0.717) is 18.3 Å². The second-order valence-electron chi connectivity index (χ2n) is 14.8. The van der Waals surface area contributed by atoms with Gasteiger partial charge in [0, 0.05) is 37.3 Å². The molecular formula is C35H49NO6. The van der Waals surface area contributed by atoms with Gasteiger partial charge >= 0.3 is 17.9 Å². The molecule has 1 aliphatic heterocycles. The quantitative estimate of drug-likeness (QED) is 0.323. The highest BCUT2D eigenvalue weighted by Crippen LogP contribution is 2.70. The summed E-state index contributed by atoms with van der Waals surface area (Å²) in [7, 11) is 0. The number of esters is 3. The van der Waals surface area contributed by atoms with Crippen LogP contribution in [-0.4, -0.2) is 42.3 Å². The van der Waals surface area contributed by atoms with Crippen molar-refractivity contribution < 1.29 is 28.6 Å². The number of anilines is 1. The van der Waals surface area contributed by atoms with Crippen LogP contribution in [-0.2, 0) is 28.6 Å². The molecule has 0 amide bonds. The van der Waals surface area contributed by atoms with E-state index in [1.807, 2.05) is 0 Å². The van der Waals surface area contributed by atoms with Gasteiger partial charge in [0.15, 0.2) is 0 Å². The van der Waals surface area contributed by atoms with Crippen LogP contribution < -0.4 is 5.32 Å². The van der Waals surface area contributed by atoms with E-state index in [0.717, 1.165) is 50.6 Å². The predicted octanol–water partition coefficient (Wildman–Crippen LogP) is 6.47. The lowest BCUT2D eigenvalue weighted by molar-refractivity contribution is -0.231. The fourth-order valence-electron chi connectivity index (χ4n) is 10.8. The SMILES string of the molecule is CC(=O)O[C@@H]1CC[C@@]2(C)[C@@H](C1)C[C@@H](OC(C)=O)[C@@H]1[C@@H]2[C@@H](Nc2ccc(C)cc2)[C@@H]2OC(=O)CC[C@@H](C)[C@H]3CC[C@@H]1[C@@]32C. The Morgan fingerprint density at radius 3 is 2.33 bits per heavy atom. The molecule has 0 radical (unpaired) electrons. The van der Waals surface area contributed by atoms with Gasteiger partial charge in [0.05, 0.1) is 6.04 Å². The van der Waals surface area contributed by atoms with Crippen LogP contribution in [0.4, 0.5) is 5.69 Å². The maximum absolute atomic E-state index is 13.4. The van der Waals surface area contributed by atoms with Crippen LogP contribution >= 0.6 is 0 Å². The first kappa shape index (κ1) is 29.5. The van der Waals surface area contributed by atoms with Crippen molar-refractivity contribution in [2.24, 2.45) is 46.3 Å². The lowest BCUT2D eigenvalue weighted by atomic mass is 9.41. The normalized spacial score (nSPS) is 44.3. The summed E-state index contributed by atoms with van der Waals surface area (Å²) in [6.07, 6.45) is 6.14. The third-order valence-corrected chi connectivity index (χ3v) is 12.6. The molecule has 5 aliphatic rings. The summed E-state index contributed by atoms with van der Waals surface area (Å²) in [5.74, 6) is 1.05. The van der Waals surface area contributed by atoms with Gasteiger partial charge in [-0.15, -0.1) is 0 Å². The Kier molecular flexibility index (Phi) is 7.62. The first-order valence-corrected chi connectivity index (χ1v) is 16.3. The minimum atomic E-state index is -0.285. The predicted molar refractivity (Wildman–Crippen MR) is 159 cm³/mol. The van der Waals surface area contributed by atoms with E-state index in [-0.39, 0.29) is 76.8 Å². The number of fused-ring (bicyclic) bond motifs is 4. The van der Waals surface area contributed by atoms with Gasteiger partial charge in [-0.1, -0.05) is 38.5 Å². The minimum absolute atomic E-state index is 0.0971. The second kappa shape index (κ2) is 10.9. The zero-order valence-electron chi connectivity index (χ0n) is 26.2. The summed E-state index contributed by atoms with van der Waals surface area (Å²) in [6.45, 7) is 12.2. The van der Waals surface area contributed by atoms with E-state index in [9.17, 15) is 14.4 Å². The third-order valence-electron chi connectivity index (χ3n) is 12.6. The number of nitrogens with one attached hydrogen (secondary N) is 1. The Morgan fingerprint density at radius 2 is 1.64 bits per heavy atom. The maximum atomic E-state index is 13.4. The van der Waals surface area contributed by atoms with Gasteiger partial charge in [0.2, 0.25) is 0 Å². The van der Waals surface area contributed by atoms with E-state index in [4.69, 9.17) is 14.2 Å². The Balaban J connectivity index is 1.50. The van der Waals surface area contributed by atoms with Crippen LogP contribution in [0.5, 0.6) is 0 Å². The van der Waals surface area contributed by atoms with E-state index in [1.165, 1.54) is 19.4 Å². The van der Waals surface area contributed by atoms with Gasteiger partial charge < -0.3 is 19.5 Å². The molecule has 1 heterocycles. The molecule has 7 heteroatoms. The first-order valence-electron chi connectivity index (χ1n) is 16.3. The number of hydrogen-bond donors (Lipinski definition) is 1. The highest BCUT2D eigenvalue weighted by molar-refractivity contribution is 5.70. The number of carbonyl (C=O) groups excluding carboxylic acids is 3. The number of rotatable bonds is 4. The van der Waals surface area contributed by atoms with E-state index < -0.39 is 0 Å². The molecular weight excluding hydrogens is 530 g/mol. The van der Waals surface area contributed by atoms with Gasteiger partial charge in [0.1, 0.15) is 18.3 Å². The Morgan fingerprint density at radius 1 is 0.952 bits per heavy atom. The molecule has 1 saturated heterocycles. The van der Waals surface area contributed by atoms with Crippen molar-refractivity contribution in [1.29, 1.82) is 0 Å². The molecule has 0 bridgehead atoms. The van der Waals surface area contributed by atoms with Gasteiger partial charge in [-0.05, 0) is 99.0 Å².